The van der Waals surface area contributed by atoms with E-state index in [-0.39, 0.29) is 0 Å². The monoisotopic (exact) mass is 320 g/mol. The lowest BCUT2D eigenvalue weighted by Gasteiger charge is -2.11. The summed E-state index contributed by atoms with van der Waals surface area (Å²) in [6.45, 7) is 4.64. The molecule has 0 radical (unpaired) electrons. The fourth-order valence-electron chi connectivity index (χ4n) is 1.86. The highest BCUT2D eigenvalue weighted by Gasteiger charge is 2.07. The molecule has 0 fully saturated rings. The second-order valence-corrected chi connectivity index (χ2v) is 5.43. The molecule has 0 spiro atoms. The number of nitrogens with two attached hydrogens (primary N) is 1. The maximum absolute atomic E-state index is 5.86. The molecule has 1 aromatic carbocycles. The minimum atomic E-state index is 0.632. The highest BCUT2D eigenvalue weighted by Crippen LogP contribution is 2.28. The number of hydrogen-bond donors (Lipinski definition) is 1. The fraction of sp³-hybridized carbons (Fsp3) is 0.267. The van der Waals surface area contributed by atoms with Crippen molar-refractivity contribution in [1.82, 2.24) is 4.98 Å². The molecular formula is C15H17BrN2O. The van der Waals surface area contributed by atoms with E-state index >= 15 is 0 Å². The van der Waals surface area contributed by atoms with Gasteiger partial charge in [-0.15, -0.1) is 0 Å². The summed E-state index contributed by atoms with van der Waals surface area (Å²) in [6.07, 6.45) is 2.66. The molecule has 0 unspecified atom stereocenters. The predicted octanol–water partition coefficient (Wildman–Crippen LogP) is 3.75. The van der Waals surface area contributed by atoms with Gasteiger partial charge in [-0.2, -0.15) is 0 Å². The van der Waals surface area contributed by atoms with Crippen LogP contribution in [0.4, 0.5) is 0 Å². The number of halogens is 1. The maximum Gasteiger partial charge on any atom is 0.222 e. The van der Waals surface area contributed by atoms with E-state index in [1.807, 2.05) is 38.2 Å². The lowest BCUT2D eigenvalue weighted by atomic mass is 10.1. The largest absolute Gasteiger partial charge is 0.438 e. The van der Waals surface area contributed by atoms with Crippen molar-refractivity contribution in [2.24, 2.45) is 5.73 Å². The highest BCUT2D eigenvalue weighted by atomic mass is 79.9. The number of nitrogens with zero attached hydrogens (tertiary/aromatic N) is 1. The Morgan fingerprint density at radius 3 is 2.63 bits per heavy atom. The van der Waals surface area contributed by atoms with Crippen molar-refractivity contribution in [3.8, 4) is 11.6 Å². The van der Waals surface area contributed by atoms with Crippen molar-refractivity contribution in [1.29, 1.82) is 0 Å². The van der Waals surface area contributed by atoms with Gasteiger partial charge in [0.15, 0.2) is 0 Å². The molecule has 100 valence electrons. The van der Waals surface area contributed by atoms with E-state index < -0.39 is 0 Å². The Balaban J connectivity index is 2.23. The topological polar surface area (TPSA) is 48.1 Å². The van der Waals surface area contributed by atoms with Crippen LogP contribution in [0.15, 0.2) is 34.9 Å². The van der Waals surface area contributed by atoms with Crippen molar-refractivity contribution in [2.75, 3.05) is 6.54 Å². The van der Waals surface area contributed by atoms with Gasteiger partial charge in [-0.1, -0.05) is 15.9 Å². The average molecular weight is 321 g/mol. The summed E-state index contributed by atoms with van der Waals surface area (Å²) >= 11 is 3.44. The Kier molecular flexibility index (Phi) is 4.56. The quantitative estimate of drug-likeness (QED) is 0.933. The second-order valence-electron chi connectivity index (χ2n) is 4.52. The van der Waals surface area contributed by atoms with Crippen LogP contribution < -0.4 is 10.5 Å². The summed E-state index contributed by atoms with van der Waals surface area (Å²) in [5.74, 6) is 1.47. The SMILES string of the molecule is Cc1cc(Br)ccc1Oc1ncc(CCN)cc1C. The first-order chi connectivity index (χ1) is 9.10. The summed E-state index contributed by atoms with van der Waals surface area (Å²) in [7, 11) is 0. The van der Waals surface area contributed by atoms with Gasteiger partial charge < -0.3 is 10.5 Å². The lowest BCUT2D eigenvalue weighted by Crippen LogP contribution is -2.04. The number of rotatable bonds is 4. The first-order valence-corrected chi connectivity index (χ1v) is 6.99. The van der Waals surface area contributed by atoms with Gasteiger partial charge in [-0.05, 0) is 62.2 Å². The Labute approximate surface area is 121 Å². The van der Waals surface area contributed by atoms with E-state index in [1.165, 1.54) is 0 Å². The van der Waals surface area contributed by atoms with E-state index in [9.17, 15) is 0 Å². The summed E-state index contributed by atoms with van der Waals surface area (Å²) in [6, 6.07) is 7.99. The van der Waals surface area contributed by atoms with Gasteiger partial charge in [0.1, 0.15) is 5.75 Å². The molecule has 2 rings (SSSR count). The Morgan fingerprint density at radius 2 is 2.00 bits per heavy atom. The Hall–Kier alpha value is -1.39. The van der Waals surface area contributed by atoms with Gasteiger partial charge in [0.2, 0.25) is 5.88 Å². The first-order valence-electron chi connectivity index (χ1n) is 6.19. The third-order valence-corrected chi connectivity index (χ3v) is 3.36. The molecule has 1 aromatic heterocycles. The van der Waals surface area contributed by atoms with Crippen molar-refractivity contribution < 1.29 is 4.74 Å². The molecule has 0 saturated heterocycles. The minimum Gasteiger partial charge on any atom is -0.438 e. The summed E-state index contributed by atoms with van der Waals surface area (Å²) in [5, 5.41) is 0. The zero-order valence-corrected chi connectivity index (χ0v) is 12.7. The van der Waals surface area contributed by atoms with Gasteiger partial charge in [0.25, 0.3) is 0 Å². The van der Waals surface area contributed by atoms with E-state index in [0.717, 1.165) is 33.3 Å². The van der Waals surface area contributed by atoms with Gasteiger partial charge in [0, 0.05) is 16.2 Å². The molecule has 2 aromatic rings. The lowest BCUT2D eigenvalue weighted by molar-refractivity contribution is 0.455. The van der Waals surface area contributed by atoms with Crippen LogP contribution in [-0.4, -0.2) is 11.5 Å². The minimum absolute atomic E-state index is 0.632. The number of hydrogen-bond acceptors (Lipinski definition) is 3. The van der Waals surface area contributed by atoms with Crippen LogP contribution in [0.25, 0.3) is 0 Å². The van der Waals surface area contributed by atoms with Crippen molar-refractivity contribution >= 4 is 15.9 Å². The number of aromatic nitrogens is 1. The predicted molar refractivity (Wildman–Crippen MR) is 80.7 cm³/mol. The normalized spacial score (nSPS) is 10.5. The molecule has 0 amide bonds. The van der Waals surface area contributed by atoms with Crippen LogP contribution in [-0.2, 0) is 6.42 Å². The molecule has 3 nitrogen and oxygen atoms in total. The van der Waals surface area contributed by atoms with Crippen LogP contribution in [0.1, 0.15) is 16.7 Å². The molecule has 0 aliphatic rings. The van der Waals surface area contributed by atoms with Crippen LogP contribution >= 0.6 is 15.9 Å². The van der Waals surface area contributed by atoms with Gasteiger partial charge in [-0.3, -0.25) is 0 Å². The van der Waals surface area contributed by atoms with Gasteiger partial charge >= 0.3 is 0 Å². The molecule has 4 heteroatoms. The molecule has 0 atom stereocenters. The molecule has 0 aliphatic heterocycles. The zero-order chi connectivity index (χ0) is 13.8. The van der Waals surface area contributed by atoms with Crippen LogP contribution in [0.2, 0.25) is 0 Å². The van der Waals surface area contributed by atoms with Gasteiger partial charge in [0.05, 0.1) is 0 Å². The zero-order valence-electron chi connectivity index (χ0n) is 11.1. The molecule has 0 saturated carbocycles. The van der Waals surface area contributed by atoms with E-state index in [2.05, 4.69) is 27.0 Å². The third kappa shape index (κ3) is 3.55. The smallest absolute Gasteiger partial charge is 0.222 e. The fourth-order valence-corrected chi connectivity index (χ4v) is 2.34. The number of benzene rings is 1. The molecule has 1 heterocycles. The van der Waals surface area contributed by atoms with E-state index in [4.69, 9.17) is 10.5 Å². The van der Waals surface area contributed by atoms with Crippen molar-refractivity contribution in [3.05, 3.63) is 51.6 Å². The van der Waals surface area contributed by atoms with Crippen molar-refractivity contribution in [2.45, 2.75) is 20.3 Å². The van der Waals surface area contributed by atoms with Crippen molar-refractivity contribution in [3.63, 3.8) is 0 Å². The molecular weight excluding hydrogens is 304 g/mol. The van der Waals surface area contributed by atoms with E-state index in [0.29, 0.717) is 12.4 Å². The van der Waals surface area contributed by atoms with Crippen LogP contribution in [0.3, 0.4) is 0 Å². The maximum atomic E-state index is 5.86. The van der Waals surface area contributed by atoms with Crippen LogP contribution in [0, 0.1) is 13.8 Å². The molecule has 0 bridgehead atoms. The summed E-state index contributed by atoms with van der Waals surface area (Å²) < 4.78 is 6.91. The summed E-state index contributed by atoms with van der Waals surface area (Å²) in [4.78, 5) is 4.37. The number of ether oxygens (including phenoxy) is 1. The second kappa shape index (κ2) is 6.17. The standard InChI is InChI=1S/C15H17BrN2O/c1-10-8-13(16)3-4-14(10)19-15-11(2)7-12(5-6-17)9-18-15/h3-4,7-9H,5-6,17H2,1-2H3. The first kappa shape index (κ1) is 14.0. The van der Waals surface area contributed by atoms with Gasteiger partial charge in [-0.25, -0.2) is 4.98 Å². The number of aryl methyl sites for hydroxylation is 2. The molecule has 19 heavy (non-hydrogen) atoms. The Morgan fingerprint density at radius 1 is 1.21 bits per heavy atom. The van der Waals surface area contributed by atoms with Crippen LogP contribution in [0.5, 0.6) is 11.6 Å². The summed E-state index contributed by atoms with van der Waals surface area (Å²) in [5.41, 5.74) is 8.77. The molecule has 2 N–H and O–H groups in total. The van der Waals surface area contributed by atoms with E-state index in [1.54, 1.807) is 0 Å². The number of pyridine rings is 1. The molecule has 0 aliphatic carbocycles. The highest BCUT2D eigenvalue weighted by molar-refractivity contribution is 9.10. The Bertz CT molecular complexity index is 584. The average Bonchev–Trinajstić information content (AvgIpc) is 2.36. The third-order valence-electron chi connectivity index (χ3n) is 2.86.